The largest absolute Gasteiger partial charge is 1.00 e. The van der Waals surface area contributed by atoms with E-state index in [0.29, 0.717) is 6.42 Å². The van der Waals surface area contributed by atoms with Gasteiger partial charge < -0.3 is 4.55 Å². The fourth-order valence-corrected chi connectivity index (χ4v) is 1.72. The van der Waals surface area contributed by atoms with Crippen molar-refractivity contribution in [2.24, 2.45) is 0 Å². The van der Waals surface area contributed by atoms with Gasteiger partial charge in [0.1, 0.15) is 0 Å². The molecule has 16 heavy (non-hydrogen) atoms. The summed E-state index contributed by atoms with van der Waals surface area (Å²) in [4.78, 5) is 0. The van der Waals surface area contributed by atoms with Gasteiger partial charge in [-0.25, -0.2) is 8.42 Å². The van der Waals surface area contributed by atoms with Crippen molar-refractivity contribution in [2.75, 3.05) is 6.61 Å². The summed E-state index contributed by atoms with van der Waals surface area (Å²) >= 11 is 0. The van der Waals surface area contributed by atoms with E-state index in [2.05, 4.69) is 11.1 Å². The maximum atomic E-state index is 10.1. The second-order valence-corrected chi connectivity index (χ2v) is 4.76. The quantitative estimate of drug-likeness (QED) is 0.227. The van der Waals surface area contributed by atoms with Crippen LogP contribution in [-0.2, 0) is 14.6 Å². The van der Waals surface area contributed by atoms with Crippen molar-refractivity contribution < 1.29 is 36.0 Å². The van der Waals surface area contributed by atoms with Gasteiger partial charge in [0.25, 0.3) is 0 Å². The summed E-state index contributed by atoms with van der Waals surface area (Å²) in [5.41, 5.74) is 0. The predicted molar refractivity (Wildman–Crippen MR) is 58.3 cm³/mol. The van der Waals surface area contributed by atoms with Crippen LogP contribution in [0.3, 0.4) is 0 Å². The Morgan fingerprint density at radius 3 is 1.81 bits per heavy atom. The predicted octanol–water partition coefficient (Wildman–Crippen LogP) is -0.392. The van der Waals surface area contributed by atoms with Crippen LogP contribution in [-0.4, -0.2) is 19.6 Å². The third-order valence-electron chi connectivity index (χ3n) is 2.23. The smallest absolute Gasteiger partial charge is 0.726 e. The molecule has 0 N–H and O–H groups in total. The molecule has 6 heteroatoms. The van der Waals surface area contributed by atoms with E-state index in [-0.39, 0.29) is 25.5 Å². The number of unbranched alkanes of at least 4 members (excludes halogenated alkanes) is 7. The Labute approximate surface area is 111 Å². The zero-order valence-electron chi connectivity index (χ0n) is 10.4. The molecule has 0 aliphatic rings. The van der Waals surface area contributed by atoms with Crippen molar-refractivity contribution in [1.82, 2.24) is 0 Å². The van der Waals surface area contributed by atoms with Crippen LogP contribution in [0.15, 0.2) is 0 Å². The summed E-state index contributed by atoms with van der Waals surface area (Å²) in [5.74, 6) is 0. The van der Waals surface area contributed by atoms with Gasteiger partial charge in [-0.3, -0.25) is 4.18 Å². The van der Waals surface area contributed by atoms with Crippen molar-refractivity contribution in [3.05, 3.63) is 0 Å². The van der Waals surface area contributed by atoms with Crippen molar-refractivity contribution in [3.63, 3.8) is 0 Å². The molecule has 92 valence electrons. The fourth-order valence-electron chi connectivity index (χ4n) is 1.40. The molecular weight excluding hydrogens is 223 g/mol. The average molecular weight is 244 g/mol. The summed E-state index contributed by atoms with van der Waals surface area (Å²) in [6, 6.07) is 0. The first-order valence-corrected chi connectivity index (χ1v) is 7.00. The van der Waals surface area contributed by atoms with E-state index >= 15 is 0 Å². The molecule has 0 radical (unpaired) electrons. The molecule has 0 aliphatic carbocycles. The Balaban J connectivity index is 0. The van der Waals surface area contributed by atoms with Crippen molar-refractivity contribution in [3.8, 4) is 0 Å². The van der Waals surface area contributed by atoms with Crippen molar-refractivity contribution >= 4 is 10.4 Å². The Bertz CT molecular complexity index is 229. The molecule has 0 atom stereocenters. The van der Waals surface area contributed by atoms with Crippen LogP contribution in [0.1, 0.15) is 58.3 Å². The van der Waals surface area contributed by atoms with E-state index in [1.54, 1.807) is 0 Å². The monoisotopic (exact) mass is 244 g/mol. The molecular formula is C10H21LiO4S. The van der Waals surface area contributed by atoms with Crippen LogP contribution in [0, 0.1) is 0 Å². The second kappa shape index (κ2) is 11.9. The van der Waals surface area contributed by atoms with Crippen LogP contribution < -0.4 is 18.9 Å². The summed E-state index contributed by atoms with van der Waals surface area (Å²) in [7, 11) is -4.48. The fraction of sp³-hybridized carbons (Fsp3) is 1.00. The van der Waals surface area contributed by atoms with E-state index < -0.39 is 10.4 Å². The van der Waals surface area contributed by atoms with Crippen LogP contribution in [0.5, 0.6) is 0 Å². The van der Waals surface area contributed by atoms with E-state index in [9.17, 15) is 13.0 Å². The average Bonchev–Trinajstić information content (AvgIpc) is 2.14. The zero-order valence-corrected chi connectivity index (χ0v) is 11.2. The Hall–Kier alpha value is 0.467. The third kappa shape index (κ3) is 16.9. The first-order valence-electron chi connectivity index (χ1n) is 5.66. The van der Waals surface area contributed by atoms with Crippen molar-refractivity contribution in [2.45, 2.75) is 58.3 Å². The third-order valence-corrected chi connectivity index (χ3v) is 2.68. The van der Waals surface area contributed by atoms with Crippen LogP contribution in [0.2, 0.25) is 0 Å². The van der Waals surface area contributed by atoms with Crippen molar-refractivity contribution in [1.29, 1.82) is 0 Å². The van der Waals surface area contributed by atoms with Gasteiger partial charge in [-0.05, 0) is 6.42 Å². The van der Waals surface area contributed by atoms with Gasteiger partial charge in [0.2, 0.25) is 10.4 Å². The molecule has 0 bridgehead atoms. The molecule has 0 aromatic carbocycles. The van der Waals surface area contributed by atoms with Crippen LogP contribution >= 0.6 is 0 Å². The summed E-state index contributed by atoms with van der Waals surface area (Å²) in [6.45, 7) is 2.21. The first-order chi connectivity index (χ1) is 7.06. The second-order valence-electron chi connectivity index (χ2n) is 3.71. The summed E-state index contributed by atoms with van der Waals surface area (Å²) in [5, 5.41) is 0. The molecule has 0 saturated carbocycles. The minimum Gasteiger partial charge on any atom is -0.726 e. The van der Waals surface area contributed by atoms with E-state index in [0.717, 1.165) is 12.8 Å². The van der Waals surface area contributed by atoms with Crippen LogP contribution in [0.4, 0.5) is 0 Å². The number of rotatable bonds is 10. The van der Waals surface area contributed by atoms with Gasteiger partial charge >= 0.3 is 18.9 Å². The number of hydrogen-bond acceptors (Lipinski definition) is 4. The molecule has 0 aliphatic heterocycles. The van der Waals surface area contributed by atoms with E-state index in [1.807, 2.05) is 0 Å². The molecule has 0 fully saturated rings. The molecule has 0 aromatic rings. The van der Waals surface area contributed by atoms with Gasteiger partial charge in [-0.2, -0.15) is 0 Å². The minimum atomic E-state index is -4.48. The minimum absolute atomic E-state index is 0. The molecule has 4 nitrogen and oxygen atoms in total. The van der Waals surface area contributed by atoms with Gasteiger partial charge in [0, 0.05) is 0 Å². The normalized spacial score (nSPS) is 11.1. The van der Waals surface area contributed by atoms with Gasteiger partial charge in [0.05, 0.1) is 6.61 Å². The van der Waals surface area contributed by atoms with Crippen LogP contribution in [0.25, 0.3) is 0 Å². The topological polar surface area (TPSA) is 66.4 Å². The number of hydrogen-bond donors (Lipinski definition) is 0. The van der Waals surface area contributed by atoms with Gasteiger partial charge in [-0.15, -0.1) is 0 Å². The molecule has 0 heterocycles. The zero-order chi connectivity index (χ0) is 11.6. The van der Waals surface area contributed by atoms with E-state index in [1.165, 1.54) is 32.1 Å². The summed E-state index contributed by atoms with van der Waals surface area (Å²) < 4.78 is 34.3. The Kier molecular flexibility index (Phi) is 14.0. The standard InChI is InChI=1S/C10H22O4S.Li/c1-2-3-4-5-6-7-8-9-10-14-15(11,12)13;/h2-10H2,1H3,(H,11,12,13);/q;+1/p-1. The maximum Gasteiger partial charge on any atom is 1.00 e. The molecule has 0 spiro atoms. The maximum absolute atomic E-state index is 10.1. The molecule has 0 aromatic heterocycles. The molecule has 0 amide bonds. The SMILES string of the molecule is CCCCCCCCCCOS(=O)(=O)[O-].[Li+]. The summed E-state index contributed by atoms with van der Waals surface area (Å²) in [6.07, 6.45) is 8.91. The Morgan fingerprint density at radius 2 is 1.38 bits per heavy atom. The Morgan fingerprint density at radius 1 is 0.938 bits per heavy atom. The van der Waals surface area contributed by atoms with E-state index in [4.69, 9.17) is 0 Å². The first kappa shape index (κ1) is 18.8. The molecule has 0 rings (SSSR count). The van der Waals surface area contributed by atoms with Gasteiger partial charge in [0.15, 0.2) is 0 Å². The molecule has 0 unspecified atom stereocenters. The van der Waals surface area contributed by atoms with Gasteiger partial charge in [-0.1, -0.05) is 51.9 Å². The molecule has 0 saturated heterocycles.